The molecule has 1 aromatic heterocycles. The molecule has 1 aliphatic heterocycles. The number of aromatic nitrogens is 2. The van der Waals surface area contributed by atoms with Gasteiger partial charge in [-0.3, -0.25) is 9.78 Å². The number of benzene rings is 2. The monoisotopic (exact) mass is 561 g/mol. The largest absolute Gasteiger partial charge is 0.457 e. The molecule has 0 bridgehead atoms. The lowest BCUT2D eigenvalue weighted by molar-refractivity contribution is -0.123. The second kappa shape index (κ2) is 11.2. The second-order valence-corrected chi connectivity index (χ2v) is 13.7. The fraction of sp³-hybridized carbons (Fsp3) is 0.500. The van der Waals surface area contributed by atoms with Gasteiger partial charge in [-0.15, -0.1) is 0 Å². The highest BCUT2D eigenvalue weighted by atomic mass is 16.6. The van der Waals surface area contributed by atoms with Crippen molar-refractivity contribution < 1.29 is 19.1 Å². The summed E-state index contributed by atoms with van der Waals surface area (Å²) in [5.74, 6) is 1.90. The number of anilines is 2. The average molecular weight is 562 g/mol. The molecule has 1 saturated heterocycles. The maximum absolute atomic E-state index is 13.0. The molecule has 2 amide bonds. The van der Waals surface area contributed by atoms with Crippen LogP contribution in [0, 0.1) is 10.8 Å². The van der Waals surface area contributed by atoms with E-state index in [9.17, 15) is 9.59 Å². The van der Waals surface area contributed by atoms with Crippen molar-refractivity contribution in [3.8, 4) is 11.5 Å². The van der Waals surface area contributed by atoms with Crippen molar-refractivity contribution >= 4 is 34.5 Å². The third-order valence-corrected chi connectivity index (χ3v) is 6.84. The summed E-state index contributed by atoms with van der Waals surface area (Å²) in [6.07, 6.45) is 1.50. The minimum Gasteiger partial charge on any atom is -0.457 e. The van der Waals surface area contributed by atoms with Crippen molar-refractivity contribution in [2.24, 2.45) is 10.8 Å². The highest BCUT2D eigenvalue weighted by Gasteiger charge is 2.40. The zero-order valence-corrected chi connectivity index (χ0v) is 25.7. The van der Waals surface area contributed by atoms with Crippen LogP contribution in [0.4, 0.5) is 16.3 Å². The van der Waals surface area contributed by atoms with Gasteiger partial charge in [0.1, 0.15) is 22.9 Å². The Morgan fingerprint density at radius 1 is 0.902 bits per heavy atom. The first-order valence-electron chi connectivity index (χ1n) is 14.1. The fourth-order valence-corrected chi connectivity index (χ4v) is 4.56. The van der Waals surface area contributed by atoms with E-state index < -0.39 is 11.0 Å². The van der Waals surface area contributed by atoms with E-state index in [0.717, 1.165) is 11.3 Å². The van der Waals surface area contributed by atoms with E-state index in [1.54, 1.807) is 12.3 Å². The lowest BCUT2D eigenvalue weighted by atomic mass is 9.84. The van der Waals surface area contributed by atoms with Gasteiger partial charge in [0.05, 0.1) is 23.3 Å². The first-order chi connectivity index (χ1) is 19.0. The molecule has 1 fully saturated rings. The predicted octanol–water partition coefficient (Wildman–Crippen LogP) is 6.88. The summed E-state index contributed by atoms with van der Waals surface area (Å²) >= 11 is 0. The van der Waals surface area contributed by atoms with Crippen LogP contribution in [0.15, 0.2) is 48.7 Å². The number of rotatable bonds is 4. The van der Waals surface area contributed by atoms with Gasteiger partial charge in [-0.05, 0) is 50.5 Å². The number of ether oxygens (including phenoxy) is 2. The van der Waals surface area contributed by atoms with E-state index in [1.165, 1.54) is 0 Å². The number of nitrogens with zero attached hydrogens (tertiary/aromatic N) is 4. The van der Waals surface area contributed by atoms with Crippen LogP contribution in [0.3, 0.4) is 0 Å². The summed E-state index contributed by atoms with van der Waals surface area (Å²) in [4.78, 5) is 39.0. The Kier molecular flexibility index (Phi) is 8.21. The normalized spacial score (nSPS) is 16.5. The van der Waals surface area contributed by atoms with Crippen molar-refractivity contribution in [2.45, 2.75) is 74.0 Å². The molecule has 9 nitrogen and oxygen atoms in total. The molecule has 41 heavy (non-hydrogen) atoms. The molecule has 1 N–H and O–H groups in total. The molecule has 4 rings (SSSR count). The van der Waals surface area contributed by atoms with E-state index in [1.807, 2.05) is 82.8 Å². The highest BCUT2D eigenvalue weighted by Crippen LogP contribution is 2.32. The minimum atomic E-state index is -0.554. The van der Waals surface area contributed by atoms with Crippen LogP contribution in [0.5, 0.6) is 11.5 Å². The summed E-state index contributed by atoms with van der Waals surface area (Å²) in [5.41, 5.74) is 0.917. The van der Waals surface area contributed by atoms with Gasteiger partial charge < -0.3 is 24.6 Å². The summed E-state index contributed by atoms with van der Waals surface area (Å²) in [7, 11) is 0. The Bertz CT molecular complexity index is 1420. The molecule has 1 unspecified atom stereocenters. The molecular formula is C32H43N5O4. The molecule has 0 aliphatic carbocycles. The summed E-state index contributed by atoms with van der Waals surface area (Å²) < 4.78 is 11.8. The van der Waals surface area contributed by atoms with Crippen molar-refractivity contribution in [1.29, 1.82) is 0 Å². The van der Waals surface area contributed by atoms with Crippen LogP contribution in [-0.4, -0.2) is 58.1 Å². The molecule has 220 valence electrons. The molecule has 1 aliphatic rings. The van der Waals surface area contributed by atoms with Gasteiger partial charge in [-0.1, -0.05) is 47.6 Å². The van der Waals surface area contributed by atoms with Crippen molar-refractivity contribution in [3.63, 3.8) is 0 Å². The average Bonchev–Trinajstić information content (AvgIpc) is 2.86. The van der Waals surface area contributed by atoms with Crippen LogP contribution in [-0.2, 0) is 9.53 Å². The van der Waals surface area contributed by atoms with Crippen LogP contribution >= 0.6 is 0 Å². The molecule has 0 saturated carbocycles. The van der Waals surface area contributed by atoms with Gasteiger partial charge in [0.25, 0.3) is 0 Å². The van der Waals surface area contributed by atoms with Gasteiger partial charge in [0.2, 0.25) is 5.91 Å². The smallest absolute Gasteiger partial charge is 0.410 e. The van der Waals surface area contributed by atoms with E-state index in [4.69, 9.17) is 14.5 Å². The van der Waals surface area contributed by atoms with E-state index in [2.05, 4.69) is 36.0 Å². The zero-order chi connectivity index (χ0) is 30.2. The number of hydrogen-bond donors (Lipinski definition) is 1. The number of amides is 2. The molecule has 2 heterocycles. The lowest BCUT2D eigenvalue weighted by Gasteiger charge is -2.47. The Balaban J connectivity index is 1.53. The first kappa shape index (κ1) is 30.1. The van der Waals surface area contributed by atoms with Gasteiger partial charge in [-0.25, -0.2) is 9.78 Å². The molecule has 2 aromatic carbocycles. The van der Waals surface area contributed by atoms with Crippen LogP contribution in [0.25, 0.3) is 11.0 Å². The van der Waals surface area contributed by atoms with E-state index >= 15 is 0 Å². The number of carbonyl (C=O) groups is 2. The quantitative estimate of drug-likeness (QED) is 0.371. The molecule has 1 atom stereocenters. The molecule has 0 spiro atoms. The topological polar surface area (TPSA) is 96.9 Å². The predicted molar refractivity (Wildman–Crippen MR) is 163 cm³/mol. The number of carbonyl (C=O) groups excluding carboxylic acids is 2. The van der Waals surface area contributed by atoms with E-state index in [0.29, 0.717) is 42.3 Å². The summed E-state index contributed by atoms with van der Waals surface area (Å²) in [6, 6.07) is 12.9. The van der Waals surface area contributed by atoms with Crippen LogP contribution in [0.1, 0.15) is 62.3 Å². The lowest BCUT2D eigenvalue weighted by Crippen LogP contribution is -2.60. The maximum atomic E-state index is 13.0. The van der Waals surface area contributed by atoms with Gasteiger partial charge in [0, 0.05) is 42.9 Å². The molecule has 0 radical (unpaired) electrons. The van der Waals surface area contributed by atoms with Crippen LogP contribution < -0.4 is 15.0 Å². The fourth-order valence-electron chi connectivity index (χ4n) is 4.56. The Morgan fingerprint density at radius 2 is 1.61 bits per heavy atom. The van der Waals surface area contributed by atoms with Crippen molar-refractivity contribution in [3.05, 3.63) is 48.7 Å². The number of hydrogen-bond acceptors (Lipinski definition) is 7. The maximum Gasteiger partial charge on any atom is 0.410 e. The van der Waals surface area contributed by atoms with E-state index in [-0.39, 0.29) is 23.5 Å². The van der Waals surface area contributed by atoms with Gasteiger partial charge in [-0.2, -0.15) is 0 Å². The SMILES string of the molecule is CC(C)(C)OC(=O)N1CCN(c2cnc3ccc(Oc4cccc(NC(=O)C(C)(C)C)c4)cc3n2)CC1C(C)(C)C. The third-order valence-electron chi connectivity index (χ3n) is 6.84. The number of nitrogens with one attached hydrogen (secondary N) is 1. The second-order valence-electron chi connectivity index (χ2n) is 13.7. The summed E-state index contributed by atoms with van der Waals surface area (Å²) in [5, 5.41) is 2.94. The van der Waals surface area contributed by atoms with Gasteiger partial charge >= 0.3 is 6.09 Å². The number of piperazine rings is 1. The van der Waals surface area contributed by atoms with Crippen molar-refractivity contribution in [1.82, 2.24) is 14.9 Å². The van der Waals surface area contributed by atoms with Crippen molar-refractivity contribution in [2.75, 3.05) is 29.9 Å². The Labute approximate surface area is 243 Å². The molecule has 3 aromatic rings. The zero-order valence-electron chi connectivity index (χ0n) is 25.7. The standard InChI is InChI=1S/C32H43N5O4/c1-30(2,3)26-20-36(15-16-37(26)29(39)41-32(7,8)9)27-19-33-24-14-13-23(18-25(24)35-27)40-22-12-10-11-21(17-22)34-28(38)31(4,5)6/h10-14,17-19,26H,15-16,20H2,1-9H3,(H,34,38). The molecular weight excluding hydrogens is 518 g/mol. The first-order valence-corrected chi connectivity index (χ1v) is 14.1. The Hall–Kier alpha value is -3.88. The number of fused-ring (bicyclic) bond motifs is 1. The van der Waals surface area contributed by atoms with Gasteiger partial charge in [0.15, 0.2) is 0 Å². The highest BCUT2D eigenvalue weighted by molar-refractivity contribution is 5.94. The Morgan fingerprint density at radius 3 is 2.27 bits per heavy atom. The minimum absolute atomic E-state index is 0.0654. The summed E-state index contributed by atoms with van der Waals surface area (Å²) in [6.45, 7) is 19.5. The molecule has 9 heteroatoms. The van der Waals surface area contributed by atoms with Crippen LogP contribution in [0.2, 0.25) is 0 Å². The third kappa shape index (κ3) is 7.65.